The van der Waals surface area contributed by atoms with E-state index in [1.54, 1.807) is 13.1 Å². The van der Waals surface area contributed by atoms with Gasteiger partial charge in [0.1, 0.15) is 0 Å². The lowest BCUT2D eigenvalue weighted by molar-refractivity contribution is 0.00950. The summed E-state index contributed by atoms with van der Waals surface area (Å²) in [5, 5.41) is 0. The first-order valence-electron chi connectivity index (χ1n) is 7.56. The zero-order valence-corrected chi connectivity index (χ0v) is 13.9. The van der Waals surface area contributed by atoms with Crippen LogP contribution in [0.5, 0.6) is 0 Å². The number of aryl methyl sites for hydroxylation is 2. The van der Waals surface area contributed by atoms with E-state index in [9.17, 15) is 8.42 Å². The first-order chi connectivity index (χ1) is 9.91. The summed E-state index contributed by atoms with van der Waals surface area (Å²) in [6, 6.07) is 5.45. The number of hydrogen-bond donors (Lipinski definition) is 0. The Labute approximate surface area is 128 Å². The number of nitrogens with zero attached hydrogens (tertiary/aromatic N) is 1. The van der Waals surface area contributed by atoms with Crippen molar-refractivity contribution in [2.24, 2.45) is 0 Å². The van der Waals surface area contributed by atoms with Crippen LogP contribution in [0.1, 0.15) is 36.8 Å². The largest absolute Gasteiger partial charge is 0.378 e. The molecule has 1 unspecified atom stereocenters. The van der Waals surface area contributed by atoms with E-state index in [4.69, 9.17) is 4.74 Å². The molecule has 1 atom stereocenters. The van der Waals surface area contributed by atoms with Gasteiger partial charge >= 0.3 is 0 Å². The number of benzene rings is 1. The molecule has 1 aromatic carbocycles. The predicted molar refractivity (Wildman–Crippen MR) is 83.9 cm³/mol. The van der Waals surface area contributed by atoms with Crippen molar-refractivity contribution in [2.45, 2.75) is 50.5 Å². The second-order valence-corrected chi connectivity index (χ2v) is 7.89. The van der Waals surface area contributed by atoms with Gasteiger partial charge in [0.15, 0.2) is 0 Å². The smallest absolute Gasteiger partial charge is 0.243 e. The van der Waals surface area contributed by atoms with Crippen molar-refractivity contribution in [2.75, 3.05) is 20.2 Å². The van der Waals surface area contributed by atoms with Crippen molar-refractivity contribution in [3.8, 4) is 0 Å². The zero-order valence-electron chi connectivity index (χ0n) is 13.1. The van der Waals surface area contributed by atoms with Crippen LogP contribution in [0.2, 0.25) is 0 Å². The normalized spacial score (nSPS) is 19.9. The molecule has 0 N–H and O–H groups in total. The Bertz CT molecular complexity index is 577. The number of ether oxygens (including phenoxy) is 1. The lowest BCUT2D eigenvalue weighted by Gasteiger charge is -2.25. The third-order valence-corrected chi connectivity index (χ3v) is 6.08. The van der Waals surface area contributed by atoms with E-state index >= 15 is 0 Å². The van der Waals surface area contributed by atoms with Gasteiger partial charge in [0.25, 0.3) is 0 Å². The summed E-state index contributed by atoms with van der Waals surface area (Å²) in [5.41, 5.74) is 1.88. The lowest BCUT2D eigenvalue weighted by Crippen LogP contribution is -2.32. The lowest BCUT2D eigenvalue weighted by atomic mass is 10.1. The molecular formula is C16H25NO3S. The SMILES string of the molecule is Cc1ccc(S(=O)(=O)N(C)CCC2CCCCO2)c(C)c1. The molecule has 0 aromatic heterocycles. The maximum absolute atomic E-state index is 12.6. The first-order valence-corrected chi connectivity index (χ1v) is 9.00. The van der Waals surface area contributed by atoms with Gasteiger partial charge in [-0.3, -0.25) is 0 Å². The third kappa shape index (κ3) is 4.05. The first kappa shape index (κ1) is 16.5. The molecule has 21 heavy (non-hydrogen) atoms. The van der Waals surface area contributed by atoms with Gasteiger partial charge in [0.05, 0.1) is 11.0 Å². The van der Waals surface area contributed by atoms with E-state index in [0.717, 1.165) is 37.0 Å². The van der Waals surface area contributed by atoms with E-state index in [2.05, 4.69) is 0 Å². The van der Waals surface area contributed by atoms with Gasteiger partial charge < -0.3 is 4.74 Å². The van der Waals surface area contributed by atoms with Crippen molar-refractivity contribution in [1.82, 2.24) is 4.31 Å². The van der Waals surface area contributed by atoms with Crippen LogP contribution in [0.3, 0.4) is 0 Å². The second kappa shape index (κ2) is 6.90. The maximum Gasteiger partial charge on any atom is 0.243 e. The summed E-state index contributed by atoms with van der Waals surface area (Å²) in [4.78, 5) is 0.403. The molecule has 5 heteroatoms. The van der Waals surface area contributed by atoms with E-state index in [0.29, 0.717) is 11.4 Å². The molecule has 4 nitrogen and oxygen atoms in total. The van der Waals surface area contributed by atoms with Crippen molar-refractivity contribution < 1.29 is 13.2 Å². The standard InChI is InChI=1S/C16H25NO3S/c1-13-7-8-16(14(2)12-13)21(18,19)17(3)10-9-15-6-4-5-11-20-15/h7-8,12,15H,4-6,9-11H2,1-3H3. The van der Waals surface area contributed by atoms with Gasteiger partial charge in [-0.2, -0.15) is 0 Å². The molecular weight excluding hydrogens is 286 g/mol. The molecule has 1 aromatic rings. The van der Waals surface area contributed by atoms with Crippen LogP contribution in [0, 0.1) is 13.8 Å². The van der Waals surface area contributed by atoms with E-state index in [1.165, 1.54) is 10.7 Å². The van der Waals surface area contributed by atoms with Crippen LogP contribution in [-0.4, -0.2) is 39.0 Å². The second-order valence-electron chi connectivity index (χ2n) is 5.87. The molecule has 2 rings (SSSR count). The molecule has 1 saturated heterocycles. The average Bonchev–Trinajstić information content (AvgIpc) is 2.45. The molecule has 0 radical (unpaired) electrons. The minimum atomic E-state index is -3.41. The highest BCUT2D eigenvalue weighted by Gasteiger charge is 2.24. The van der Waals surface area contributed by atoms with Crippen molar-refractivity contribution >= 4 is 10.0 Å². The van der Waals surface area contributed by atoms with Crippen molar-refractivity contribution in [1.29, 1.82) is 0 Å². The van der Waals surface area contributed by atoms with Crippen LogP contribution >= 0.6 is 0 Å². The molecule has 0 spiro atoms. The summed E-state index contributed by atoms with van der Waals surface area (Å²) in [5.74, 6) is 0. The van der Waals surface area contributed by atoms with Crippen LogP contribution in [0.25, 0.3) is 0 Å². The number of rotatable bonds is 5. The Kier molecular flexibility index (Phi) is 5.41. The zero-order chi connectivity index (χ0) is 15.5. The fourth-order valence-electron chi connectivity index (χ4n) is 2.74. The predicted octanol–water partition coefficient (Wildman–Crippen LogP) is 2.88. The topological polar surface area (TPSA) is 46.6 Å². The van der Waals surface area contributed by atoms with Gasteiger partial charge in [-0.1, -0.05) is 17.7 Å². The van der Waals surface area contributed by atoms with Crippen molar-refractivity contribution in [3.05, 3.63) is 29.3 Å². The fraction of sp³-hybridized carbons (Fsp3) is 0.625. The summed E-state index contributed by atoms with van der Waals surface area (Å²) in [6.07, 6.45) is 4.30. The van der Waals surface area contributed by atoms with E-state index in [-0.39, 0.29) is 6.10 Å². The Morgan fingerprint density at radius 2 is 2.05 bits per heavy atom. The van der Waals surface area contributed by atoms with E-state index in [1.807, 2.05) is 26.0 Å². The molecule has 1 aliphatic rings. The molecule has 1 fully saturated rings. The Morgan fingerprint density at radius 3 is 2.67 bits per heavy atom. The molecule has 0 amide bonds. The minimum Gasteiger partial charge on any atom is -0.378 e. The van der Waals surface area contributed by atoms with Crippen LogP contribution in [0.4, 0.5) is 0 Å². The summed E-state index contributed by atoms with van der Waals surface area (Å²) in [6.45, 7) is 5.12. The summed E-state index contributed by atoms with van der Waals surface area (Å²) >= 11 is 0. The van der Waals surface area contributed by atoms with Crippen LogP contribution in [0.15, 0.2) is 23.1 Å². The van der Waals surface area contributed by atoms with Gasteiger partial charge in [-0.25, -0.2) is 12.7 Å². The number of hydrogen-bond acceptors (Lipinski definition) is 3. The highest BCUT2D eigenvalue weighted by Crippen LogP contribution is 2.21. The monoisotopic (exact) mass is 311 g/mol. The minimum absolute atomic E-state index is 0.204. The van der Waals surface area contributed by atoms with Gasteiger partial charge in [-0.05, 0) is 51.2 Å². The Morgan fingerprint density at radius 1 is 1.29 bits per heavy atom. The number of sulfonamides is 1. The highest BCUT2D eigenvalue weighted by molar-refractivity contribution is 7.89. The quantitative estimate of drug-likeness (QED) is 0.840. The molecule has 118 valence electrons. The Balaban J connectivity index is 2.04. The third-order valence-electron chi connectivity index (χ3n) is 4.06. The molecule has 0 bridgehead atoms. The summed E-state index contributed by atoms with van der Waals surface area (Å²) in [7, 11) is -1.76. The van der Waals surface area contributed by atoms with Crippen molar-refractivity contribution in [3.63, 3.8) is 0 Å². The highest BCUT2D eigenvalue weighted by atomic mass is 32.2. The molecule has 0 saturated carbocycles. The molecule has 1 heterocycles. The molecule has 1 aliphatic heterocycles. The van der Waals surface area contributed by atoms with Crippen LogP contribution in [-0.2, 0) is 14.8 Å². The average molecular weight is 311 g/mol. The Hall–Kier alpha value is -0.910. The van der Waals surface area contributed by atoms with Gasteiger partial charge in [0.2, 0.25) is 10.0 Å². The maximum atomic E-state index is 12.6. The van der Waals surface area contributed by atoms with Crippen LogP contribution < -0.4 is 0 Å². The van der Waals surface area contributed by atoms with Gasteiger partial charge in [0, 0.05) is 20.2 Å². The fourth-order valence-corrected chi connectivity index (χ4v) is 4.13. The van der Waals surface area contributed by atoms with E-state index < -0.39 is 10.0 Å². The van der Waals surface area contributed by atoms with Gasteiger partial charge in [-0.15, -0.1) is 0 Å². The summed E-state index contributed by atoms with van der Waals surface area (Å²) < 4.78 is 32.4. The molecule has 0 aliphatic carbocycles.